The Morgan fingerprint density at radius 2 is 1.85 bits per heavy atom. The molecule has 1 aromatic heterocycles. The van der Waals surface area contributed by atoms with Gasteiger partial charge in [-0.05, 0) is 35.0 Å². The molecule has 0 fully saturated rings. The molecule has 0 spiro atoms. The Morgan fingerprint density at radius 3 is 2.45 bits per heavy atom. The average Bonchev–Trinajstić information content (AvgIpc) is 2.35. The zero-order valence-electron chi connectivity index (χ0n) is 12.0. The quantitative estimate of drug-likeness (QED) is 0.846. The van der Waals surface area contributed by atoms with Crippen molar-refractivity contribution in [1.29, 1.82) is 0 Å². The lowest BCUT2D eigenvalue weighted by molar-refractivity contribution is 0.546. The number of halogens is 2. The fraction of sp³-hybridized carbons (Fsp3) is 0.333. The predicted molar refractivity (Wildman–Crippen MR) is 83.0 cm³/mol. The van der Waals surface area contributed by atoms with Crippen LogP contribution in [0, 0.1) is 12.7 Å². The van der Waals surface area contributed by atoms with Gasteiger partial charge in [0.1, 0.15) is 17.5 Å². The molecule has 0 radical (unpaired) electrons. The maximum atomic E-state index is 14.3. The molecule has 0 unspecified atom stereocenters. The first kappa shape index (κ1) is 14.9. The number of anilines is 1. The summed E-state index contributed by atoms with van der Waals surface area (Å²) in [5.74, 6) is 0.655. The summed E-state index contributed by atoms with van der Waals surface area (Å²) in [4.78, 5) is 8.84. The summed E-state index contributed by atoms with van der Waals surface area (Å²) in [5, 5.41) is 0. The standard InChI is InChI=1S/C15H17BrFN3/c1-8-12(9-6-5-7-10(16)11(9)17)19-14(15(2,3)4)20-13(8)18/h5-7H,1-4H3,(H2,18,19,20). The van der Waals surface area contributed by atoms with Crippen LogP contribution in [0.3, 0.4) is 0 Å². The van der Waals surface area contributed by atoms with Gasteiger partial charge in [0.2, 0.25) is 0 Å². The molecule has 0 aliphatic heterocycles. The number of hydrogen-bond acceptors (Lipinski definition) is 3. The summed E-state index contributed by atoms with van der Waals surface area (Å²) < 4.78 is 14.7. The largest absolute Gasteiger partial charge is 0.383 e. The highest BCUT2D eigenvalue weighted by molar-refractivity contribution is 9.10. The van der Waals surface area contributed by atoms with E-state index in [2.05, 4.69) is 25.9 Å². The Bertz CT molecular complexity index is 663. The van der Waals surface area contributed by atoms with E-state index in [1.807, 2.05) is 20.8 Å². The molecule has 2 N–H and O–H groups in total. The van der Waals surface area contributed by atoms with Crippen LogP contribution in [0.2, 0.25) is 0 Å². The van der Waals surface area contributed by atoms with Gasteiger partial charge >= 0.3 is 0 Å². The van der Waals surface area contributed by atoms with Gasteiger partial charge < -0.3 is 5.73 Å². The smallest absolute Gasteiger partial charge is 0.146 e. The van der Waals surface area contributed by atoms with E-state index in [1.165, 1.54) is 0 Å². The molecule has 2 aromatic rings. The topological polar surface area (TPSA) is 51.8 Å². The van der Waals surface area contributed by atoms with E-state index in [9.17, 15) is 4.39 Å². The molecule has 2 rings (SSSR count). The number of nitrogens with zero attached hydrogens (tertiary/aromatic N) is 2. The minimum Gasteiger partial charge on any atom is -0.383 e. The van der Waals surface area contributed by atoms with Crippen molar-refractivity contribution in [3.05, 3.63) is 39.9 Å². The molecule has 0 aliphatic rings. The SMILES string of the molecule is Cc1c(N)nc(C(C)(C)C)nc1-c1cccc(Br)c1F. The van der Waals surface area contributed by atoms with Gasteiger partial charge in [-0.15, -0.1) is 0 Å². The van der Waals surface area contributed by atoms with Gasteiger partial charge in [0.15, 0.2) is 0 Å². The molecule has 3 nitrogen and oxygen atoms in total. The normalized spacial score (nSPS) is 11.7. The van der Waals surface area contributed by atoms with Crippen LogP contribution in [0.25, 0.3) is 11.3 Å². The predicted octanol–water partition coefficient (Wildman–Crippen LogP) is 4.23. The van der Waals surface area contributed by atoms with Gasteiger partial charge in [-0.2, -0.15) is 0 Å². The fourth-order valence-corrected chi connectivity index (χ4v) is 2.18. The van der Waals surface area contributed by atoms with Crippen molar-refractivity contribution in [1.82, 2.24) is 9.97 Å². The van der Waals surface area contributed by atoms with E-state index in [1.54, 1.807) is 25.1 Å². The number of benzene rings is 1. The molecule has 106 valence electrons. The molecule has 0 saturated heterocycles. The van der Waals surface area contributed by atoms with Crippen molar-refractivity contribution in [2.45, 2.75) is 33.1 Å². The molecule has 1 heterocycles. The van der Waals surface area contributed by atoms with E-state index in [4.69, 9.17) is 5.73 Å². The molecule has 0 saturated carbocycles. The minimum atomic E-state index is -0.339. The molecule has 0 amide bonds. The molecule has 0 aliphatic carbocycles. The molecule has 5 heteroatoms. The van der Waals surface area contributed by atoms with Crippen molar-refractivity contribution in [2.75, 3.05) is 5.73 Å². The van der Waals surface area contributed by atoms with Crippen LogP contribution in [-0.2, 0) is 5.41 Å². The third kappa shape index (κ3) is 2.68. The molecule has 20 heavy (non-hydrogen) atoms. The average molecular weight is 338 g/mol. The van der Waals surface area contributed by atoms with Crippen LogP contribution in [0.5, 0.6) is 0 Å². The summed E-state index contributed by atoms with van der Waals surface area (Å²) >= 11 is 3.19. The number of aromatic nitrogens is 2. The third-order valence-electron chi connectivity index (χ3n) is 3.06. The summed E-state index contributed by atoms with van der Waals surface area (Å²) in [6.07, 6.45) is 0. The molecular weight excluding hydrogens is 321 g/mol. The second-order valence-corrected chi connectivity index (χ2v) is 6.61. The number of nitrogen functional groups attached to an aromatic ring is 1. The summed E-state index contributed by atoms with van der Waals surface area (Å²) in [6, 6.07) is 5.13. The van der Waals surface area contributed by atoms with Crippen LogP contribution in [0.15, 0.2) is 22.7 Å². The molecule has 1 aromatic carbocycles. The van der Waals surface area contributed by atoms with Gasteiger partial charge in [-0.1, -0.05) is 26.8 Å². The Hall–Kier alpha value is -1.49. The van der Waals surface area contributed by atoms with E-state index in [-0.39, 0.29) is 11.2 Å². The van der Waals surface area contributed by atoms with Gasteiger partial charge in [0, 0.05) is 16.5 Å². The lowest BCUT2D eigenvalue weighted by Gasteiger charge is -2.19. The van der Waals surface area contributed by atoms with Crippen molar-refractivity contribution < 1.29 is 4.39 Å². The first-order chi connectivity index (χ1) is 9.21. The summed E-state index contributed by atoms with van der Waals surface area (Å²) in [6.45, 7) is 7.80. The second-order valence-electron chi connectivity index (χ2n) is 5.76. The van der Waals surface area contributed by atoms with Crippen LogP contribution in [0.4, 0.5) is 10.2 Å². The third-order valence-corrected chi connectivity index (χ3v) is 3.67. The van der Waals surface area contributed by atoms with Gasteiger partial charge in [0.25, 0.3) is 0 Å². The first-order valence-electron chi connectivity index (χ1n) is 6.31. The minimum absolute atomic E-state index is 0.251. The van der Waals surface area contributed by atoms with Crippen molar-refractivity contribution in [2.24, 2.45) is 0 Å². The number of rotatable bonds is 1. The molecule has 0 atom stereocenters. The van der Waals surface area contributed by atoms with Crippen LogP contribution in [0.1, 0.15) is 32.2 Å². The van der Waals surface area contributed by atoms with Crippen LogP contribution >= 0.6 is 15.9 Å². The van der Waals surface area contributed by atoms with Gasteiger partial charge in [-0.25, -0.2) is 14.4 Å². The monoisotopic (exact) mass is 337 g/mol. The van der Waals surface area contributed by atoms with Crippen molar-refractivity contribution in [3.63, 3.8) is 0 Å². The second kappa shape index (κ2) is 5.13. The maximum Gasteiger partial charge on any atom is 0.146 e. The highest BCUT2D eigenvalue weighted by atomic mass is 79.9. The van der Waals surface area contributed by atoms with E-state index < -0.39 is 0 Å². The zero-order valence-corrected chi connectivity index (χ0v) is 13.5. The van der Waals surface area contributed by atoms with E-state index in [0.717, 1.165) is 0 Å². The zero-order chi connectivity index (χ0) is 15.1. The summed E-state index contributed by atoms with van der Waals surface area (Å²) in [7, 11) is 0. The van der Waals surface area contributed by atoms with Crippen LogP contribution in [-0.4, -0.2) is 9.97 Å². The lowest BCUT2D eigenvalue weighted by atomic mass is 9.95. The Morgan fingerprint density at radius 1 is 1.20 bits per heavy atom. The molecule has 0 bridgehead atoms. The van der Waals surface area contributed by atoms with Gasteiger partial charge in [-0.3, -0.25) is 0 Å². The van der Waals surface area contributed by atoms with Crippen LogP contribution < -0.4 is 5.73 Å². The first-order valence-corrected chi connectivity index (χ1v) is 7.10. The molecular formula is C15H17BrFN3. The Balaban J connectivity index is 2.74. The van der Waals surface area contributed by atoms with Crippen molar-refractivity contribution >= 4 is 21.7 Å². The van der Waals surface area contributed by atoms with Gasteiger partial charge in [0.05, 0.1) is 10.2 Å². The van der Waals surface area contributed by atoms with E-state index >= 15 is 0 Å². The van der Waals surface area contributed by atoms with Crippen molar-refractivity contribution in [3.8, 4) is 11.3 Å². The lowest BCUT2D eigenvalue weighted by Crippen LogP contribution is -2.18. The Labute approximate surface area is 126 Å². The highest BCUT2D eigenvalue weighted by Gasteiger charge is 2.22. The maximum absolute atomic E-state index is 14.3. The number of hydrogen-bond donors (Lipinski definition) is 1. The number of nitrogens with two attached hydrogens (primary N) is 1. The van der Waals surface area contributed by atoms with E-state index in [0.29, 0.717) is 32.9 Å². The Kier molecular flexibility index (Phi) is 3.82. The summed E-state index contributed by atoms with van der Waals surface area (Å²) in [5.41, 5.74) is 7.37. The highest BCUT2D eigenvalue weighted by Crippen LogP contribution is 2.32. The fourth-order valence-electron chi connectivity index (χ4n) is 1.82.